The third-order valence-electron chi connectivity index (χ3n) is 12.0. The van der Waals surface area contributed by atoms with Gasteiger partial charge in [-0.3, -0.25) is 0 Å². The highest BCUT2D eigenvalue weighted by molar-refractivity contribution is 7.92. The Morgan fingerprint density at radius 2 is 0.368 bits per heavy atom. The number of benzene rings is 10. The molecule has 0 saturated carbocycles. The van der Waals surface area contributed by atoms with Gasteiger partial charge in [0, 0.05) is 20.1 Å². The van der Waals surface area contributed by atoms with E-state index in [0.29, 0.717) is 0 Å². The van der Waals surface area contributed by atoms with Crippen LogP contribution in [0.5, 0.6) is 0 Å². The second kappa shape index (κ2) is 22.4. The molecule has 10 aromatic rings. The molecule has 0 aromatic heterocycles. The van der Waals surface area contributed by atoms with E-state index in [1.165, 1.54) is 84.9 Å². The summed E-state index contributed by atoms with van der Waals surface area (Å²) >= 11 is 23.5. The van der Waals surface area contributed by atoms with E-state index in [0.717, 1.165) is 44.5 Å². The summed E-state index contributed by atoms with van der Waals surface area (Å²) in [5.74, 6) is 0. The number of halogens is 4. The van der Waals surface area contributed by atoms with Gasteiger partial charge >= 0.3 is 0 Å². The quantitative estimate of drug-likeness (QED) is 0.118. The van der Waals surface area contributed by atoms with Crippen molar-refractivity contribution in [3.63, 3.8) is 0 Å². The zero-order chi connectivity index (χ0) is 53.8. The predicted molar refractivity (Wildman–Crippen MR) is 302 cm³/mol. The van der Waals surface area contributed by atoms with Gasteiger partial charge in [-0.25, -0.2) is 33.7 Å². The standard InChI is InChI=1S/C42H30O4S2.C18H10Cl4O4S2/c43-47(44,41-27-35(31-13-5-1-6-14-31)25-36(28-41)32-15-7-2-8-16-32)39-21-23-40(24-22-39)48(45,46)42-29-37(33-17-9-3-10-18-33)26-38(30-42)34-19-11-4-12-20-34;19-11-5-12(20)8-17(7-11)27(23,24)15-1-2-16(4-3-15)28(25,26)18-9-13(21)6-14(22)10-18/h1-30H;1-10H. The average molecular weight is 1160 g/mol. The summed E-state index contributed by atoms with van der Waals surface area (Å²) in [5.41, 5.74) is 6.62. The molecule has 0 fully saturated rings. The van der Waals surface area contributed by atoms with Gasteiger partial charge in [-0.1, -0.05) is 168 Å². The highest BCUT2D eigenvalue weighted by atomic mass is 35.5. The first kappa shape index (κ1) is 54.0. The molecule has 16 heteroatoms. The Bertz CT molecular complexity index is 3800. The molecule has 0 amide bonds. The summed E-state index contributed by atoms with van der Waals surface area (Å²) in [5, 5.41) is 0.678. The van der Waals surface area contributed by atoms with Crippen molar-refractivity contribution in [1.82, 2.24) is 0 Å². The summed E-state index contributed by atoms with van der Waals surface area (Å²) in [6.45, 7) is 0. The van der Waals surface area contributed by atoms with Gasteiger partial charge in [-0.05, 0) is 166 Å². The van der Waals surface area contributed by atoms with Crippen molar-refractivity contribution >= 4 is 85.8 Å². The van der Waals surface area contributed by atoms with Crippen molar-refractivity contribution in [2.75, 3.05) is 0 Å². The summed E-state index contributed by atoms with van der Waals surface area (Å²) in [6.07, 6.45) is 0. The molecular formula is C60H40Cl4O8S4. The van der Waals surface area contributed by atoms with Gasteiger partial charge in [0.2, 0.25) is 39.3 Å². The number of rotatable bonds is 12. The van der Waals surface area contributed by atoms with E-state index in [4.69, 9.17) is 46.4 Å². The van der Waals surface area contributed by atoms with Gasteiger partial charge in [-0.15, -0.1) is 0 Å². The van der Waals surface area contributed by atoms with Gasteiger partial charge in [0.25, 0.3) is 0 Å². The molecule has 0 atom stereocenters. The smallest absolute Gasteiger partial charge is 0.206 e. The fourth-order valence-corrected chi connectivity index (χ4v) is 14.8. The minimum atomic E-state index is -4.01. The first-order chi connectivity index (χ1) is 36.3. The lowest BCUT2D eigenvalue weighted by molar-refractivity contribution is 0.592. The van der Waals surface area contributed by atoms with E-state index in [9.17, 15) is 33.7 Å². The zero-order valence-electron chi connectivity index (χ0n) is 39.5. The fraction of sp³-hybridized carbons (Fsp3) is 0. The summed E-state index contributed by atoms with van der Waals surface area (Å²) in [6, 6.07) is 67.3. The molecule has 0 saturated heterocycles. The molecule has 10 rings (SSSR count). The molecule has 0 aliphatic carbocycles. The van der Waals surface area contributed by atoms with Gasteiger partial charge in [0.05, 0.1) is 39.2 Å². The zero-order valence-corrected chi connectivity index (χ0v) is 45.8. The Labute approximate surface area is 462 Å². The Hall–Kier alpha value is -6.84. The van der Waals surface area contributed by atoms with Crippen LogP contribution in [0.15, 0.2) is 282 Å². The first-order valence-corrected chi connectivity index (χ1v) is 30.4. The van der Waals surface area contributed by atoms with Crippen LogP contribution in [-0.4, -0.2) is 33.7 Å². The minimum absolute atomic E-state index is 0.00804. The van der Waals surface area contributed by atoms with E-state index in [1.807, 2.05) is 133 Å². The molecule has 0 spiro atoms. The summed E-state index contributed by atoms with van der Waals surface area (Å²) in [7, 11) is -15.9. The van der Waals surface area contributed by atoms with Crippen LogP contribution < -0.4 is 0 Å². The SMILES string of the molecule is O=S(=O)(c1ccc(S(=O)(=O)c2cc(-c3ccccc3)cc(-c3ccccc3)c2)cc1)c1cc(-c2ccccc2)cc(-c2ccccc2)c1.O=S(=O)(c1ccc(S(=O)(=O)c2cc(Cl)cc(Cl)c2)cc1)c1cc(Cl)cc(Cl)c1. The molecule has 0 heterocycles. The maximum Gasteiger partial charge on any atom is 0.206 e. The second-order valence-corrected chi connectivity index (χ2v) is 26.7. The Morgan fingerprint density at radius 1 is 0.184 bits per heavy atom. The molecular weight excluding hydrogens is 1120 g/mol. The van der Waals surface area contributed by atoms with Gasteiger partial charge in [-0.2, -0.15) is 0 Å². The molecule has 8 nitrogen and oxygen atoms in total. The molecule has 10 aromatic carbocycles. The molecule has 0 N–H and O–H groups in total. The molecule has 0 radical (unpaired) electrons. The first-order valence-electron chi connectivity index (χ1n) is 22.9. The van der Waals surface area contributed by atoms with Crippen molar-refractivity contribution in [2.45, 2.75) is 39.2 Å². The Morgan fingerprint density at radius 3 is 0.566 bits per heavy atom. The highest BCUT2D eigenvalue weighted by Gasteiger charge is 2.26. The lowest BCUT2D eigenvalue weighted by Crippen LogP contribution is -2.06. The van der Waals surface area contributed by atoms with Gasteiger partial charge < -0.3 is 0 Å². The van der Waals surface area contributed by atoms with Crippen LogP contribution in [0.4, 0.5) is 0 Å². The average Bonchev–Trinajstić information content (AvgIpc) is 3.44. The Balaban J connectivity index is 0.000000214. The maximum atomic E-state index is 14.1. The minimum Gasteiger partial charge on any atom is -0.219 e. The third kappa shape index (κ3) is 11.9. The summed E-state index contributed by atoms with van der Waals surface area (Å²) in [4.78, 5) is -0.127. The van der Waals surface area contributed by atoms with Crippen molar-refractivity contribution in [2.24, 2.45) is 0 Å². The van der Waals surface area contributed by atoms with Crippen molar-refractivity contribution in [3.8, 4) is 44.5 Å². The Kier molecular flexibility index (Phi) is 15.9. The van der Waals surface area contributed by atoms with E-state index < -0.39 is 39.3 Å². The maximum absolute atomic E-state index is 14.1. The van der Waals surface area contributed by atoms with Crippen LogP contribution in [0.2, 0.25) is 20.1 Å². The van der Waals surface area contributed by atoms with Crippen LogP contribution >= 0.6 is 46.4 Å². The lowest BCUT2D eigenvalue weighted by Gasteiger charge is -2.13. The van der Waals surface area contributed by atoms with E-state index in [1.54, 1.807) is 24.3 Å². The molecule has 0 bridgehead atoms. The molecule has 0 aliphatic rings. The van der Waals surface area contributed by atoms with Crippen molar-refractivity contribution < 1.29 is 33.7 Å². The lowest BCUT2D eigenvalue weighted by atomic mass is 9.99. The number of hydrogen-bond donors (Lipinski definition) is 0. The molecule has 0 aliphatic heterocycles. The molecule has 380 valence electrons. The van der Waals surface area contributed by atoms with Crippen LogP contribution in [0, 0.1) is 0 Å². The van der Waals surface area contributed by atoms with Crippen LogP contribution in [0.25, 0.3) is 44.5 Å². The second-order valence-electron chi connectivity index (χ2n) is 17.1. The highest BCUT2D eigenvalue weighted by Crippen LogP contribution is 2.37. The molecule has 0 unspecified atom stereocenters. The number of hydrogen-bond acceptors (Lipinski definition) is 8. The van der Waals surface area contributed by atoms with Crippen molar-refractivity contribution in [3.05, 3.63) is 263 Å². The van der Waals surface area contributed by atoms with Gasteiger partial charge in [0.15, 0.2) is 0 Å². The van der Waals surface area contributed by atoms with Crippen molar-refractivity contribution in [1.29, 1.82) is 0 Å². The monoisotopic (exact) mass is 1160 g/mol. The molecule has 76 heavy (non-hydrogen) atoms. The van der Waals surface area contributed by atoms with E-state index >= 15 is 0 Å². The summed E-state index contributed by atoms with van der Waals surface area (Å²) < 4.78 is 107. The normalized spacial score (nSPS) is 11.8. The number of sulfone groups is 4. The topological polar surface area (TPSA) is 137 Å². The van der Waals surface area contributed by atoms with E-state index in [-0.39, 0.29) is 59.3 Å². The third-order valence-corrected chi connectivity index (χ3v) is 19.9. The van der Waals surface area contributed by atoms with Crippen LogP contribution in [0.3, 0.4) is 0 Å². The van der Waals surface area contributed by atoms with E-state index in [2.05, 4.69) is 0 Å². The van der Waals surface area contributed by atoms with Crippen LogP contribution in [-0.2, 0) is 39.3 Å². The van der Waals surface area contributed by atoms with Crippen LogP contribution in [0.1, 0.15) is 0 Å². The van der Waals surface area contributed by atoms with Gasteiger partial charge in [0.1, 0.15) is 0 Å². The fourth-order valence-electron chi connectivity index (χ4n) is 8.21. The predicted octanol–water partition coefficient (Wildman–Crippen LogP) is 16.0. The largest absolute Gasteiger partial charge is 0.219 e.